The summed E-state index contributed by atoms with van der Waals surface area (Å²) in [4.78, 5) is 4.68. The fourth-order valence-corrected chi connectivity index (χ4v) is 2.32. The average Bonchev–Trinajstić information content (AvgIpc) is 2.25. The van der Waals surface area contributed by atoms with Crippen molar-refractivity contribution in [3.8, 4) is 0 Å². The van der Waals surface area contributed by atoms with Gasteiger partial charge in [0.25, 0.3) is 0 Å². The number of nitrogens with zero attached hydrogens (tertiary/aromatic N) is 2. The Hall–Kier alpha value is -0.650. The number of morpholine rings is 1. The van der Waals surface area contributed by atoms with E-state index in [2.05, 4.69) is 30.7 Å². The van der Waals surface area contributed by atoms with Gasteiger partial charge in [0.15, 0.2) is 0 Å². The molecule has 1 unspecified atom stereocenters. The molecule has 1 rings (SSSR count). The van der Waals surface area contributed by atoms with Crippen molar-refractivity contribution in [2.24, 2.45) is 11.7 Å². The van der Waals surface area contributed by atoms with E-state index in [1.807, 2.05) is 0 Å². The molecule has 1 heterocycles. The van der Waals surface area contributed by atoms with E-state index in [9.17, 15) is 0 Å². The summed E-state index contributed by atoms with van der Waals surface area (Å²) in [5.74, 6) is 0.892. The van der Waals surface area contributed by atoms with E-state index in [0.29, 0.717) is 12.3 Å². The molecule has 1 atom stereocenters. The van der Waals surface area contributed by atoms with Gasteiger partial charge in [-0.2, -0.15) is 0 Å². The number of rotatable bonds is 7. The van der Waals surface area contributed by atoms with Crippen molar-refractivity contribution in [2.75, 3.05) is 46.4 Å². The molecule has 0 saturated carbocycles. The molecule has 5 heteroatoms. The van der Waals surface area contributed by atoms with E-state index in [-0.39, 0.29) is 11.9 Å². The third-order valence-corrected chi connectivity index (χ3v) is 3.12. The molecule has 0 aromatic rings. The maximum atomic E-state index is 7.33. The lowest BCUT2D eigenvalue weighted by atomic mass is 10.1. The van der Waals surface area contributed by atoms with Crippen LogP contribution in [0.3, 0.4) is 0 Å². The summed E-state index contributed by atoms with van der Waals surface area (Å²) in [5.41, 5.74) is 5.44. The molecule has 1 aliphatic rings. The number of likely N-dealkylation sites (N-methyl/N-ethyl adjacent to an activating group) is 1. The van der Waals surface area contributed by atoms with Crippen LogP contribution in [0.5, 0.6) is 0 Å². The first-order valence-corrected chi connectivity index (χ1v) is 6.82. The summed E-state index contributed by atoms with van der Waals surface area (Å²) in [6.07, 6.45) is 0.935. The first kappa shape index (κ1) is 15.4. The smallest absolute Gasteiger partial charge is 0.0918 e. The lowest BCUT2D eigenvalue weighted by molar-refractivity contribution is -0.0365. The molecule has 0 aromatic heterocycles. The minimum absolute atomic E-state index is 0.269. The van der Waals surface area contributed by atoms with Gasteiger partial charge < -0.3 is 20.3 Å². The number of ether oxygens (including phenoxy) is 1. The van der Waals surface area contributed by atoms with Gasteiger partial charge in [-0.25, -0.2) is 0 Å². The highest BCUT2D eigenvalue weighted by molar-refractivity contribution is 5.76. The van der Waals surface area contributed by atoms with Crippen molar-refractivity contribution < 1.29 is 4.74 Å². The lowest BCUT2D eigenvalue weighted by Crippen LogP contribution is -2.47. The van der Waals surface area contributed by atoms with Crippen molar-refractivity contribution in [1.29, 1.82) is 5.41 Å². The summed E-state index contributed by atoms with van der Waals surface area (Å²) < 4.78 is 5.80. The maximum Gasteiger partial charge on any atom is 0.0918 e. The Balaban J connectivity index is 2.40. The molecule has 18 heavy (non-hydrogen) atoms. The van der Waals surface area contributed by atoms with Crippen LogP contribution in [-0.2, 0) is 4.74 Å². The highest BCUT2D eigenvalue weighted by Gasteiger charge is 2.21. The van der Waals surface area contributed by atoms with Gasteiger partial charge in [-0.15, -0.1) is 0 Å². The summed E-state index contributed by atoms with van der Waals surface area (Å²) >= 11 is 0. The summed E-state index contributed by atoms with van der Waals surface area (Å²) in [6.45, 7) is 10.1. The zero-order valence-electron chi connectivity index (χ0n) is 12.0. The van der Waals surface area contributed by atoms with Gasteiger partial charge in [-0.1, -0.05) is 13.8 Å². The molecular weight excluding hydrogens is 228 g/mol. The van der Waals surface area contributed by atoms with Crippen molar-refractivity contribution in [3.05, 3.63) is 0 Å². The third-order valence-electron chi connectivity index (χ3n) is 3.12. The molecule has 0 amide bonds. The van der Waals surface area contributed by atoms with Crippen LogP contribution < -0.4 is 5.73 Å². The third kappa shape index (κ3) is 6.33. The Kier molecular flexibility index (Phi) is 6.60. The van der Waals surface area contributed by atoms with Crippen molar-refractivity contribution in [2.45, 2.75) is 26.4 Å². The van der Waals surface area contributed by atoms with Crippen LogP contribution in [-0.4, -0.2) is 68.1 Å². The van der Waals surface area contributed by atoms with E-state index < -0.39 is 0 Å². The monoisotopic (exact) mass is 256 g/mol. The largest absolute Gasteiger partial charge is 0.388 e. The van der Waals surface area contributed by atoms with Gasteiger partial charge in [-0.05, 0) is 13.0 Å². The zero-order valence-corrected chi connectivity index (χ0v) is 12.0. The Morgan fingerprint density at radius 3 is 2.83 bits per heavy atom. The molecule has 1 aliphatic heterocycles. The Labute approximate surface area is 111 Å². The number of amidine groups is 1. The molecular formula is C13H28N4O. The highest BCUT2D eigenvalue weighted by atomic mass is 16.5. The van der Waals surface area contributed by atoms with Crippen molar-refractivity contribution in [1.82, 2.24) is 9.80 Å². The van der Waals surface area contributed by atoms with Gasteiger partial charge in [0.1, 0.15) is 0 Å². The number of nitrogens with two attached hydrogens (primary N) is 1. The molecule has 106 valence electrons. The topological polar surface area (TPSA) is 65.6 Å². The van der Waals surface area contributed by atoms with Crippen LogP contribution in [0.25, 0.3) is 0 Å². The molecule has 1 fully saturated rings. The second-order valence-corrected chi connectivity index (χ2v) is 5.68. The van der Waals surface area contributed by atoms with Gasteiger partial charge >= 0.3 is 0 Å². The van der Waals surface area contributed by atoms with Gasteiger partial charge in [-0.3, -0.25) is 5.41 Å². The maximum absolute atomic E-state index is 7.33. The number of hydrogen-bond donors (Lipinski definition) is 2. The van der Waals surface area contributed by atoms with Crippen LogP contribution >= 0.6 is 0 Å². The summed E-state index contributed by atoms with van der Waals surface area (Å²) in [7, 11) is 2.14. The second-order valence-electron chi connectivity index (χ2n) is 5.68. The first-order valence-electron chi connectivity index (χ1n) is 6.82. The van der Waals surface area contributed by atoms with E-state index in [4.69, 9.17) is 15.9 Å². The van der Waals surface area contributed by atoms with E-state index >= 15 is 0 Å². The molecule has 0 bridgehead atoms. The van der Waals surface area contributed by atoms with Crippen molar-refractivity contribution in [3.63, 3.8) is 0 Å². The second kappa shape index (κ2) is 7.71. The summed E-state index contributed by atoms with van der Waals surface area (Å²) in [5, 5.41) is 7.33. The fraction of sp³-hybridized carbons (Fsp3) is 0.923. The van der Waals surface area contributed by atoms with E-state index in [1.54, 1.807) is 0 Å². The predicted octanol–water partition coefficient (Wildman–Crippen LogP) is 0.601. The predicted molar refractivity (Wildman–Crippen MR) is 75.0 cm³/mol. The summed E-state index contributed by atoms with van der Waals surface area (Å²) in [6, 6.07) is 0. The van der Waals surface area contributed by atoms with E-state index in [1.165, 1.54) is 0 Å². The van der Waals surface area contributed by atoms with Gasteiger partial charge in [0, 0.05) is 39.1 Å². The molecule has 0 aliphatic carbocycles. The molecule has 0 radical (unpaired) electrons. The van der Waals surface area contributed by atoms with Crippen LogP contribution in [0.2, 0.25) is 0 Å². The SMILES string of the molecule is CC(C)CN(CCC(=N)N)CC1CN(C)CCO1. The Morgan fingerprint density at radius 2 is 2.28 bits per heavy atom. The molecule has 1 saturated heterocycles. The molecule has 3 N–H and O–H groups in total. The molecule has 5 nitrogen and oxygen atoms in total. The van der Waals surface area contributed by atoms with Crippen LogP contribution in [0, 0.1) is 11.3 Å². The quantitative estimate of drug-likeness (QED) is 0.517. The minimum Gasteiger partial charge on any atom is -0.388 e. The number of hydrogen-bond acceptors (Lipinski definition) is 4. The zero-order chi connectivity index (χ0) is 13.5. The van der Waals surface area contributed by atoms with Crippen molar-refractivity contribution >= 4 is 5.84 Å². The average molecular weight is 256 g/mol. The Morgan fingerprint density at radius 1 is 1.56 bits per heavy atom. The van der Waals surface area contributed by atoms with Gasteiger partial charge in [0.2, 0.25) is 0 Å². The van der Waals surface area contributed by atoms with Crippen LogP contribution in [0.4, 0.5) is 0 Å². The normalized spacial score (nSPS) is 21.7. The van der Waals surface area contributed by atoms with E-state index in [0.717, 1.165) is 39.3 Å². The molecule has 0 aromatic carbocycles. The number of nitrogens with one attached hydrogen (secondary N) is 1. The standard InChI is InChI=1S/C13H28N4O/c1-11(2)8-17(5-4-13(14)15)10-12-9-16(3)6-7-18-12/h11-12H,4-10H2,1-3H3,(H3,14,15). The Bertz CT molecular complexity index is 257. The minimum atomic E-state index is 0.269. The molecule has 0 spiro atoms. The first-order chi connectivity index (χ1) is 8.47. The lowest BCUT2D eigenvalue weighted by Gasteiger charge is -2.34. The van der Waals surface area contributed by atoms with Crippen LogP contribution in [0.15, 0.2) is 0 Å². The van der Waals surface area contributed by atoms with Crippen LogP contribution in [0.1, 0.15) is 20.3 Å². The van der Waals surface area contributed by atoms with Gasteiger partial charge in [0.05, 0.1) is 18.5 Å². The fourth-order valence-electron chi connectivity index (χ4n) is 2.32. The highest BCUT2D eigenvalue weighted by Crippen LogP contribution is 2.08.